The smallest absolute Gasteiger partial charge is 0.339 e. The molecule has 2 aromatic carbocycles. The standard InChI is InChI=1S/C25H26N2O5/c1-15-8-10-20-18(12-15)24(17-6-4-5-7-19(17)26-20)25(29)32-14-23(28)27-21-11-9-16(30-2)13-22(21)31-3/h8-13H,4-7,14H2,1-3H3,(H,27,28). The molecule has 1 aliphatic rings. The molecule has 0 unspecified atom stereocenters. The highest BCUT2D eigenvalue weighted by atomic mass is 16.5. The van der Waals surface area contributed by atoms with E-state index in [1.165, 1.54) is 7.11 Å². The molecule has 0 radical (unpaired) electrons. The summed E-state index contributed by atoms with van der Waals surface area (Å²) in [5.74, 6) is 0.104. The molecule has 0 spiro atoms. The fraction of sp³-hybridized carbons (Fsp3) is 0.320. The van der Waals surface area contributed by atoms with Crippen LogP contribution in [0.5, 0.6) is 11.5 Å². The number of pyridine rings is 1. The van der Waals surface area contributed by atoms with Gasteiger partial charge in [0.15, 0.2) is 6.61 Å². The summed E-state index contributed by atoms with van der Waals surface area (Å²) in [7, 11) is 3.06. The van der Waals surface area contributed by atoms with Crippen LogP contribution in [0.1, 0.15) is 40.0 Å². The lowest BCUT2D eigenvalue weighted by atomic mass is 9.89. The van der Waals surface area contributed by atoms with Crippen LogP contribution in [0.25, 0.3) is 10.9 Å². The van der Waals surface area contributed by atoms with Crippen molar-refractivity contribution in [3.05, 3.63) is 58.8 Å². The van der Waals surface area contributed by atoms with Gasteiger partial charge in [-0.25, -0.2) is 4.79 Å². The highest BCUT2D eigenvalue weighted by Crippen LogP contribution is 2.31. The predicted octanol–water partition coefficient (Wildman–Crippen LogP) is 4.23. The number of nitrogens with one attached hydrogen (secondary N) is 1. The molecule has 1 aliphatic carbocycles. The van der Waals surface area contributed by atoms with Gasteiger partial charge in [-0.05, 0) is 62.4 Å². The number of carbonyl (C=O) groups is 2. The van der Waals surface area contributed by atoms with Crippen molar-refractivity contribution in [3.63, 3.8) is 0 Å². The average Bonchev–Trinajstić information content (AvgIpc) is 2.81. The van der Waals surface area contributed by atoms with Crippen LogP contribution >= 0.6 is 0 Å². The first-order valence-corrected chi connectivity index (χ1v) is 10.6. The van der Waals surface area contributed by atoms with E-state index in [4.69, 9.17) is 19.2 Å². The Hall–Kier alpha value is -3.61. The second-order valence-electron chi connectivity index (χ2n) is 7.83. The molecule has 0 fully saturated rings. The van der Waals surface area contributed by atoms with Gasteiger partial charge in [-0.1, -0.05) is 11.6 Å². The number of methoxy groups -OCH3 is 2. The van der Waals surface area contributed by atoms with Gasteiger partial charge in [-0.2, -0.15) is 0 Å². The fourth-order valence-electron chi connectivity index (χ4n) is 4.06. The molecular formula is C25H26N2O5. The van der Waals surface area contributed by atoms with Crippen LogP contribution in [0.3, 0.4) is 0 Å². The summed E-state index contributed by atoms with van der Waals surface area (Å²) in [5.41, 5.74) is 4.70. The number of benzene rings is 2. The number of fused-ring (bicyclic) bond motifs is 2. The van der Waals surface area contributed by atoms with Crippen molar-refractivity contribution in [1.29, 1.82) is 0 Å². The number of aromatic nitrogens is 1. The van der Waals surface area contributed by atoms with Crippen LogP contribution in [-0.2, 0) is 22.4 Å². The van der Waals surface area contributed by atoms with Crippen molar-refractivity contribution in [2.75, 3.05) is 26.1 Å². The molecule has 4 rings (SSSR count). The molecule has 0 saturated heterocycles. The van der Waals surface area contributed by atoms with Gasteiger partial charge in [-0.3, -0.25) is 9.78 Å². The van der Waals surface area contributed by atoms with E-state index in [0.29, 0.717) is 22.7 Å². The maximum absolute atomic E-state index is 13.1. The van der Waals surface area contributed by atoms with Crippen LogP contribution in [0, 0.1) is 6.92 Å². The van der Waals surface area contributed by atoms with Crippen LogP contribution in [0.4, 0.5) is 5.69 Å². The Labute approximate surface area is 186 Å². The van der Waals surface area contributed by atoms with Crippen LogP contribution in [0.15, 0.2) is 36.4 Å². The van der Waals surface area contributed by atoms with Gasteiger partial charge in [0.25, 0.3) is 5.91 Å². The Balaban J connectivity index is 1.55. The molecule has 7 nitrogen and oxygen atoms in total. The maximum atomic E-state index is 13.1. The maximum Gasteiger partial charge on any atom is 0.339 e. The monoisotopic (exact) mass is 434 g/mol. The third kappa shape index (κ3) is 4.37. The van der Waals surface area contributed by atoms with E-state index < -0.39 is 18.5 Å². The number of esters is 1. The quantitative estimate of drug-likeness (QED) is 0.584. The zero-order chi connectivity index (χ0) is 22.7. The number of hydrogen-bond donors (Lipinski definition) is 1. The Morgan fingerprint density at radius 1 is 1.03 bits per heavy atom. The Morgan fingerprint density at radius 2 is 1.84 bits per heavy atom. The van der Waals surface area contributed by atoms with E-state index in [1.807, 2.05) is 25.1 Å². The van der Waals surface area contributed by atoms with Crippen LogP contribution in [-0.4, -0.2) is 37.7 Å². The van der Waals surface area contributed by atoms with Crippen molar-refractivity contribution in [3.8, 4) is 11.5 Å². The molecule has 166 valence electrons. The van der Waals surface area contributed by atoms with E-state index in [1.54, 1.807) is 25.3 Å². The molecule has 3 aromatic rings. The number of rotatable bonds is 6. The molecule has 1 N–H and O–H groups in total. The number of amides is 1. The zero-order valence-electron chi connectivity index (χ0n) is 18.5. The predicted molar refractivity (Wildman–Crippen MR) is 122 cm³/mol. The van der Waals surface area contributed by atoms with Gasteiger partial charge in [-0.15, -0.1) is 0 Å². The number of anilines is 1. The number of nitrogens with zero attached hydrogens (tertiary/aromatic N) is 1. The number of carbonyl (C=O) groups excluding carboxylic acids is 2. The van der Waals surface area contributed by atoms with Crippen molar-refractivity contribution in [2.24, 2.45) is 0 Å². The van der Waals surface area contributed by atoms with Gasteiger partial charge in [0.2, 0.25) is 0 Å². The third-order valence-corrected chi connectivity index (χ3v) is 5.64. The van der Waals surface area contributed by atoms with Crippen molar-refractivity contribution < 1.29 is 23.8 Å². The summed E-state index contributed by atoms with van der Waals surface area (Å²) >= 11 is 0. The molecule has 1 heterocycles. The van der Waals surface area contributed by atoms with Crippen molar-refractivity contribution in [1.82, 2.24) is 4.98 Å². The van der Waals surface area contributed by atoms with Gasteiger partial charge >= 0.3 is 5.97 Å². The first kappa shape index (κ1) is 21.6. The second-order valence-corrected chi connectivity index (χ2v) is 7.83. The van der Waals surface area contributed by atoms with Crippen LogP contribution < -0.4 is 14.8 Å². The molecule has 0 aliphatic heterocycles. The van der Waals surface area contributed by atoms with Gasteiger partial charge in [0, 0.05) is 17.1 Å². The number of ether oxygens (including phenoxy) is 3. The average molecular weight is 434 g/mol. The minimum Gasteiger partial charge on any atom is -0.497 e. The zero-order valence-corrected chi connectivity index (χ0v) is 18.5. The Morgan fingerprint density at radius 3 is 2.62 bits per heavy atom. The van der Waals surface area contributed by atoms with Gasteiger partial charge in [0.1, 0.15) is 11.5 Å². The molecule has 0 atom stereocenters. The molecular weight excluding hydrogens is 408 g/mol. The van der Waals surface area contributed by atoms with Gasteiger partial charge in [0.05, 0.1) is 31.0 Å². The molecule has 1 aromatic heterocycles. The summed E-state index contributed by atoms with van der Waals surface area (Å²) in [5, 5.41) is 3.49. The minimum absolute atomic E-state index is 0.404. The lowest BCUT2D eigenvalue weighted by Gasteiger charge is -2.20. The number of hydrogen-bond acceptors (Lipinski definition) is 6. The summed E-state index contributed by atoms with van der Waals surface area (Å²) in [6.45, 7) is 1.57. The first-order valence-electron chi connectivity index (χ1n) is 10.6. The van der Waals surface area contributed by atoms with Gasteiger partial charge < -0.3 is 19.5 Å². The van der Waals surface area contributed by atoms with Crippen LogP contribution in [0.2, 0.25) is 0 Å². The highest BCUT2D eigenvalue weighted by molar-refractivity contribution is 6.06. The lowest BCUT2D eigenvalue weighted by molar-refractivity contribution is -0.119. The number of aryl methyl sites for hydroxylation is 2. The summed E-state index contributed by atoms with van der Waals surface area (Å²) < 4.78 is 15.9. The van der Waals surface area contributed by atoms with Crippen molar-refractivity contribution >= 4 is 28.5 Å². The van der Waals surface area contributed by atoms with E-state index in [2.05, 4.69) is 5.32 Å². The summed E-state index contributed by atoms with van der Waals surface area (Å²) in [6, 6.07) is 10.9. The molecule has 32 heavy (non-hydrogen) atoms. The summed E-state index contributed by atoms with van der Waals surface area (Å²) in [4.78, 5) is 30.4. The largest absolute Gasteiger partial charge is 0.497 e. The molecule has 7 heteroatoms. The lowest BCUT2D eigenvalue weighted by Crippen LogP contribution is -2.23. The summed E-state index contributed by atoms with van der Waals surface area (Å²) in [6.07, 6.45) is 3.69. The molecule has 1 amide bonds. The molecule has 0 saturated carbocycles. The van der Waals surface area contributed by atoms with E-state index in [0.717, 1.165) is 53.4 Å². The fourth-order valence-corrected chi connectivity index (χ4v) is 4.06. The highest BCUT2D eigenvalue weighted by Gasteiger charge is 2.24. The minimum atomic E-state index is -0.502. The Bertz CT molecular complexity index is 1190. The van der Waals surface area contributed by atoms with Crippen molar-refractivity contribution in [2.45, 2.75) is 32.6 Å². The van der Waals surface area contributed by atoms with E-state index >= 15 is 0 Å². The second kappa shape index (κ2) is 9.26. The Kier molecular flexibility index (Phi) is 6.25. The topological polar surface area (TPSA) is 86.8 Å². The SMILES string of the molecule is COc1ccc(NC(=O)COC(=O)c2c3c(nc4ccc(C)cc24)CCCC3)c(OC)c1. The molecule has 0 bridgehead atoms. The normalized spacial score (nSPS) is 12.7. The van der Waals surface area contributed by atoms with E-state index in [9.17, 15) is 9.59 Å². The first-order chi connectivity index (χ1) is 15.5. The third-order valence-electron chi connectivity index (χ3n) is 5.64. The van der Waals surface area contributed by atoms with E-state index in [-0.39, 0.29) is 0 Å².